The first kappa shape index (κ1) is 14.7. The molecule has 2 aromatic rings. The summed E-state index contributed by atoms with van der Waals surface area (Å²) in [6, 6.07) is 18.0. The summed E-state index contributed by atoms with van der Waals surface area (Å²) in [4.78, 5) is 16.4. The zero-order valence-corrected chi connectivity index (χ0v) is 13.5. The number of carbonyl (C=O) groups excluding carboxylic acids is 1. The van der Waals surface area contributed by atoms with E-state index in [9.17, 15) is 4.79 Å². The summed E-state index contributed by atoms with van der Waals surface area (Å²) in [7, 11) is 0. The Labute approximate surface area is 137 Å². The molecule has 0 atom stereocenters. The van der Waals surface area contributed by atoms with E-state index in [1.165, 1.54) is 5.56 Å². The van der Waals surface area contributed by atoms with E-state index in [1.54, 1.807) is 6.08 Å². The maximum absolute atomic E-state index is 12.0. The van der Waals surface area contributed by atoms with Crippen molar-refractivity contribution in [2.45, 2.75) is 12.8 Å². The SMILES string of the molecule is O=C1NC(CCc2ccccc2)=N/C1=C/c1cccc(Br)c1. The molecule has 2 aromatic carbocycles. The topological polar surface area (TPSA) is 41.5 Å². The van der Waals surface area contributed by atoms with Crippen molar-refractivity contribution in [1.29, 1.82) is 0 Å². The molecule has 0 saturated heterocycles. The molecule has 0 unspecified atom stereocenters. The van der Waals surface area contributed by atoms with Crippen LogP contribution < -0.4 is 5.32 Å². The highest BCUT2D eigenvalue weighted by atomic mass is 79.9. The molecule has 0 saturated carbocycles. The predicted octanol–water partition coefficient (Wildman–Crippen LogP) is 3.95. The number of aliphatic imine (C=N–C) groups is 1. The monoisotopic (exact) mass is 354 g/mol. The molecule has 3 rings (SSSR count). The van der Waals surface area contributed by atoms with Gasteiger partial charge in [-0.1, -0.05) is 58.4 Å². The van der Waals surface area contributed by atoms with Crippen LogP contribution in [0.1, 0.15) is 17.5 Å². The van der Waals surface area contributed by atoms with Crippen LogP contribution in [0.3, 0.4) is 0 Å². The third-order valence-corrected chi connectivity index (χ3v) is 3.88. The van der Waals surface area contributed by atoms with Gasteiger partial charge in [0.05, 0.1) is 0 Å². The number of amides is 1. The highest BCUT2D eigenvalue weighted by Gasteiger charge is 2.19. The summed E-state index contributed by atoms with van der Waals surface area (Å²) in [5.74, 6) is 0.595. The largest absolute Gasteiger partial charge is 0.309 e. The van der Waals surface area contributed by atoms with Crippen molar-refractivity contribution in [3.63, 3.8) is 0 Å². The van der Waals surface area contributed by atoms with E-state index in [-0.39, 0.29) is 5.91 Å². The molecule has 4 heteroatoms. The molecule has 1 heterocycles. The number of hydrogen-bond acceptors (Lipinski definition) is 2. The lowest BCUT2D eigenvalue weighted by atomic mass is 10.1. The Kier molecular flexibility index (Phi) is 4.49. The van der Waals surface area contributed by atoms with Crippen molar-refractivity contribution in [3.05, 3.63) is 75.9 Å². The zero-order chi connectivity index (χ0) is 15.4. The maximum Gasteiger partial charge on any atom is 0.275 e. The first-order valence-electron chi connectivity index (χ1n) is 7.11. The van der Waals surface area contributed by atoms with Gasteiger partial charge in [-0.15, -0.1) is 0 Å². The number of hydrogen-bond donors (Lipinski definition) is 1. The average molecular weight is 355 g/mol. The lowest BCUT2D eigenvalue weighted by Crippen LogP contribution is -2.24. The summed E-state index contributed by atoms with van der Waals surface area (Å²) in [5.41, 5.74) is 2.65. The van der Waals surface area contributed by atoms with Crippen molar-refractivity contribution in [2.75, 3.05) is 0 Å². The van der Waals surface area contributed by atoms with Crippen molar-refractivity contribution in [2.24, 2.45) is 4.99 Å². The Morgan fingerprint density at radius 3 is 2.64 bits per heavy atom. The minimum atomic E-state index is -0.136. The zero-order valence-electron chi connectivity index (χ0n) is 11.9. The number of halogens is 1. The number of aryl methyl sites for hydroxylation is 1. The van der Waals surface area contributed by atoms with Crippen LogP contribution >= 0.6 is 15.9 Å². The van der Waals surface area contributed by atoms with Gasteiger partial charge in [0.2, 0.25) is 0 Å². The predicted molar refractivity (Wildman–Crippen MR) is 92.5 cm³/mol. The van der Waals surface area contributed by atoms with Gasteiger partial charge < -0.3 is 5.32 Å². The van der Waals surface area contributed by atoms with Crippen LogP contribution in [-0.2, 0) is 11.2 Å². The fourth-order valence-corrected chi connectivity index (χ4v) is 2.71. The van der Waals surface area contributed by atoms with E-state index >= 15 is 0 Å². The quantitative estimate of drug-likeness (QED) is 0.829. The molecule has 0 aliphatic carbocycles. The Bertz CT molecular complexity index is 751. The van der Waals surface area contributed by atoms with Crippen LogP contribution in [0.25, 0.3) is 6.08 Å². The summed E-state index contributed by atoms with van der Waals surface area (Å²) in [6.45, 7) is 0. The molecular formula is C18H15BrN2O. The second-order valence-corrected chi connectivity index (χ2v) is 6.00. The molecule has 0 aromatic heterocycles. The average Bonchev–Trinajstić information content (AvgIpc) is 2.86. The summed E-state index contributed by atoms with van der Waals surface area (Å²) < 4.78 is 0.980. The van der Waals surface area contributed by atoms with Crippen LogP contribution in [-0.4, -0.2) is 11.7 Å². The van der Waals surface area contributed by atoms with Crippen molar-refractivity contribution in [3.8, 4) is 0 Å². The number of benzene rings is 2. The first-order valence-corrected chi connectivity index (χ1v) is 7.90. The fraction of sp³-hybridized carbons (Fsp3) is 0.111. The molecule has 1 aliphatic heterocycles. The van der Waals surface area contributed by atoms with E-state index in [0.29, 0.717) is 5.70 Å². The summed E-state index contributed by atoms with van der Waals surface area (Å²) >= 11 is 3.42. The Hall–Kier alpha value is -2.20. The number of nitrogens with one attached hydrogen (secondary N) is 1. The van der Waals surface area contributed by atoms with E-state index in [4.69, 9.17) is 0 Å². The van der Waals surface area contributed by atoms with E-state index in [2.05, 4.69) is 38.4 Å². The van der Waals surface area contributed by atoms with Gasteiger partial charge in [-0.05, 0) is 35.8 Å². The molecule has 1 amide bonds. The molecule has 0 spiro atoms. The highest BCUT2D eigenvalue weighted by molar-refractivity contribution is 9.10. The fourth-order valence-electron chi connectivity index (χ4n) is 2.30. The van der Waals surface area contributed by atoms with Crippen molar-refractivity contribution < 1.29 is 4.79 Å². The molecule has 1 aliphatic rings. The molecule has 22 heavy (non-hydrogen) atoms. The number of nitrogens with zero attached hydrogens (tertiary/aromatic N) is 1. The van der Waals surface area contributed by atoms with Crippen LogP contribution in [0, 0.1) is 0 Å². The minimum absolute atomic E-state index is 0.136. The molecule has 3 nitrogen and oxygen atoms in total. The number of carbonyl (C=O) groups is 1. The van der Waals surface area contributed by atoms with Crippen LogP contribution in [0.2, 0.25) is 0 Å². The lowest BCUT2D eigenvalue weighted by Gasteiger charge is -2.00. The van der Waals surface area contributed by atoms with Crippen LogP contribution in [0.4, 0.5) is 0 Å². The van der Waals surface area contributed by atoms with Crippen molar-refractivity contribution in [1.82, 2.24) is 5.32 Å². The van der Waals surface area contributed by atoms with Gasteiger partial charge in [0.1, 0.15) is 11.5 Å². The van der Waals surface area contributed by atoms with Crippen molar-refractivity contribution >= 4 is 33.7 Å². The normalized spacial score (nSPS) is 15.8. The third kappa shape index (κ3) is 3.71. The minimum Gasteiger partial charge on any atom is -0.309 e. The first-order chi connectivity index (χ1) is 10.7. The molecule has 1 N–H and O–H groups in total. The number of amidine groups is 1. The molecule has 110 valence electrons. The standard InChI is InChI=1S/C18H15BrN2O/c19-15-8-4-7-14(11-15)12-16-18(22)21-17(20-16)10-9-13-5-2-1-3-6-13/h1-8,11-12H,9-10H2,(H,20,21,22)/b16-12+. The number of rotatable bonds is 4. The molecule has 0 bridgehead atoms. The second-order valence-electron chi connectivity index (χ2n) is 5.08. The van der Waals surface area contributed by atoms with E-state index in [0.717, 1.165) is 28.7 Å². The maximum atomic E-state index is 12.0. The van der Waals surface area contributed by atoms with Crippen LogP contribution in [0.15, 0.2) is 69.8 Å². The van der Waals surface area contributed by atoms with Gasteiger partial charge in [0.25, 0.3) is 5.91 Å². The van der Waals surface area contributed by atoms with Gasteiger partial charge in [-0.3, -0.25) is 4.79 Å². The van der Waals surface area contributed by atoms with Gasteiger partial charge in [-0.25, -0.2) is 4.99 Å². The lowest BCUT2D eigenvalue weighted by molar-refractivity contribution is -0.115. The van der Waals surface area contributed by atoms with Crippen LogP contribution in [0.5, 0.6) is 0 Å². The van der Waals surface area contributed by atoms with Gasteiger partial charge in [-0.2, -0.15) is 0 Å². The van der Waals surface area contributed by atoms with E-state index < -0.39 is 0 Å². The van der Waals surface area contributed by atoms with Gasteiger partial charge >= 0.3 is 0 Å². The summed E-state index contributed by atoms with van der Waals surface area (Å²) in [6.07, 6.45) is 3.39. The summed E-state index contributed by atoms with van der Waals surface area (Å²) in [5, 5.41) is 2.84. The van der Waals surface area contributed by atoms with Gasteiger partial charge in [0.15, 0.2) is 0 Å². The Balaban J connectivity index is 1.71. The highest BCUT2D eigenvalue weighted by Crippen LogP contribution is 2.17. The Morgan fingerprint density at radius 2 is 1.86 bits per heavy atom. The molecule has 0 fully saturated rings. The Morgan fingerprint density at radius 1 is 1.05 bits per heavy atom. The van der Waals surface area contributed by atoms with E-state index in [1.807, 2.05) is 42.5 Å². The third-order valence-electron chi connectivity index (χ3n) is 3.39. The second kappa shape index (κ2) is 6.71. The van der Waals surface area contributed by atoms with Gasteiger partial charge in [0, 0.05) is 10.9 Å². The molecule has 0 radical (unpaired) electrons. The molecular weight excluding hydrogens is 340 g/mol. The smallest absolute Gasteiger partial charge is 0.275 e.